The van der Waals surface area contributed by atoms with Crippen molar-refractivity contribution < 1.29 is 4.79 Å². The van der Waals surface area contributed by atoms with E-state index in [-0.39, 0.29) is 5.91 Å². The molecule has 2 aromatic rings. The third-order valence-electron chi connectivity index (χ3n) is 6.66. The highest BCUT2D eigenvalue weighted by molar-refractivity contribution is 5.73. The highest BCUT2D eigenvalue weighted by Gasteiger charge is 2.48. The Morgan fingerprint density at radius 1 is 0.933 bits per heavy atom. The van der Waals surface area contributed by atoms with Gasteiger partial charge in [0, 0.05) is 38.0 Å². The zero-order valence-electron chi connectivity index (χ0n) is 19.2. The van der Waals surface area contributed by atoms with Crippen molar-refractivity contribution in [1.82, 2.24) is 9.80 Å². The molecule has 0 aromatic heterocycles. The SMILES string of the molecule is CC.CCC1C(c2ccc(Cc3ccccc3)cc2)C2CN(C(C)=O)CCCCN12. The largest absolute Gasteiger partial charge is 0.341 e. The monoisotopic (exact) mass is 406 g/mol. The summed E-state index contributed by atoms with van der Waals surface area (Å²) < 4.78 is 0. The van der Waals surface area contributed by atoms with Crippen LogP contribution in [-0.4, -0.2) is 47.4 Å². The molecular weight excluding hydrogens is 368 g/mol. The van der Waals surface area contributed by atoms with Crippen LogP contribution in [0.15, 0.2) is 54.6 Å². The van der Waals surface area contributed by atoms with E-state index in [4.69, 9.17) is 0 Å². The quantitative estimate of drug-likeness (QED) is 0.670. The van der Waals surface area contributed by atoms with E-state index in [1.807, 2.05) is 13.8 Å². The first-order valence-corrected chi connectivity index (χ1v) is 11.8. The molecule has 0 aliphatic carbocycles. The molecule has 162 valence electrons. The van der Waals surface area contributed by atoms with Gasteiger partial charge >= 0.3 is 0 Å². The summed E-state index contributed by atoms with van der Waals surface area (Å²) in [7, 11) is 0. The van der Waals surface area contributed by atoms with Gasteiger partial charge in [-0.15, -0.1) is 0 Å². The Bertz CT molecular complexity index is 786. The molecule has 2 heterocycles. The molecule has 0 saturated carbocycles. The normalized spacial score (nSPS) is 23.9. The Kier molecular flexibility index (Phi) is 8.09. The molecule has 3 nitrogen and oxygen atoms in total. The van der Waals surface area contributed by atoms with E-state index in [2.05, 4.69) is 71.3 Å². The molecule has 0 spiro atoms. The molecule has 3 atom stereocenters. The molecule has 0 N–H and O–H groups in total. The number of fused-ring (bicyclic) bond motifs is 1. The van der Waals surface area contributed by atoms with Crippen LogP contribution < -0.4 is 0 Å². The van der Waals surface area contributed by atoms with Gasteiger partial charge in [0.25, 0.3) is 0 Å². The lowest BCUT2D eigenvalue weighted by Gasteiger charge is -2.57. The molecule has 1 amide bonds. The highest BCUT2D eigenvalue weighted by atomic mass is 16.2. The predicted octanol–water partition coefficient (Wildman–Crippen LogP) is 5.49. The second-order valence-electron chi connectivity index (χ2n) is 8.38. The fourth-order valence-corrected chi connectivity index (χ4v) is 5.19. The fraction of sp³-hybridized carbons (Fsp3) is 0.519. The van der Waals surface area contributed by atoms with Gasteiger partial charge in [0.05, 0.1) is 0 Å². The summed E-state index contributed by atoms with van der Waals surface area (Å²) in [6.07, 6.45) is 4.47. The summed E-state index contributed by atoms with van der Waals surface area (Å²) in [5.74, 6) is 0.759. The summed E-state index contributed by atoms with van der Waals surface area (Å²) >= 11 is 0. The minimum absolute atomic E-state index is 0.221. The Labute approximate surface area is 183 Å². The van der Waals surface area contributed by atoms with Crippen molar-refractivity contribution in [3.63, 3.8) is 0 Å². The number of amides is 1. The summed E-state index contributed by atoms with van der Waals surface area (Å²) in [6, 6.07) is 21.0. The third kappa shape index (κ3) is 4.95. The summed E-state index contributed by atoms with van der Waals surface area (Å²) in [6.45, 7) is 11.0. The third-order valence-corrected chi connectivity index (χ3v) is 6.66. The number of carbonyl (C=O) groups is 1. The average Bonchev–Trinajstić information content (AvgIpc) is 2.75. The first kappa shape index (κ1) is 22.6. The Morgan fingerprint density at radius 3 is 2.20 bits per heavy atom. The van der Waals surface area contributed by atoms with Crippen molar-refractivity contribution in [1.29, 1.82) is 0 Å². The molecule has 30 heavy (non-hydrogen) atoms. The number of carbonyl (C=O) groups excluding carboxylic acids is 1. The van der Waals surface area contributed by atoms with Crippen LogP contribution >= 0.6 is 0 Å². The second-order valence-corrected chi connectivity index (χ2v) is 8.38. The van der Waals surface area contributed by atoms with Gasteiger partial charge in [0.15, 0.2) is 0 Å². The Balaban J connectivity index is 0.00000124. The molecule has 4 rings (SSSR count). The van der Waals surface area contributed by atoms with E-state index < -0.39 is 0 Å². The molecule has 2 fully saturated rings. The number of hydrogen-bond donors (Lipinski definition) is 0. The number of benzene rings is 2. The van der Waals surface area contributed by atoms with Crippen LogP contribution in [0, 0.1) is 0 Å². The molecular formula is C27H38N2O. The van der Waals surface area contributed by atoms with Crippen LogP contribution in [0.5, 0.6) is 0 Å². The molecule has 0 bridgehead atoms. The van der Waals surface area contributed by atoms with Gasteiger partial charge in [-0.3, -0.25) is 9.69 Å². The number of hydrogen-bond acceptors (Lipinski definition) is 2. The first-order chi connectivity index (χ1) is 14.7. The highest BCUT2D eigenvalue weighted by Crippen LogP contribution is 2.43. The van der Waals surface area contributed by atoms with Crippen molar-refractivity contribution in [2.75, 3.05) is 19.6 Å². The van der Waals surface area contributed by atoms with Crippen LogP contribution in [0.3, 0.4) is 0 Å². The maximum absolute atomic E-state index is 12.1. The number of rotatable bonds is 4. The lowest BCUT2D eigenvalue weighted by atomic mass is 9.73. The first-order valence-electron chi connectivity index (χ1n) is 11.8. The lowest BCUT2D eigenvalue weighted by Crippen LogP contribution is -2.66. The van der Waals surface area contributed by atoms with E-state index in [1.165, 1.54) is 36.1 Å². The maximum Gasteiger partial charge on any atom is 0.219 e. The van der Waals surface area contributed by atoms with E-state index in [1.54, 1.807) is 6.92 Å². The Hall–Kier alpha value is -2.13. The topological polar surface area (TPSA) is 23.6 Å². The van der Waals surface area contributed by atoms with E-state index in [9.17, 15) is 4.79 Å². The minimum atomic E-state index is 0.221. The molecule has 2 aliphatic heterocycles. The van der Waals surface area contributed by atoms with Crippen LogP contribution in [0.1, 0.15) is 69.6 Å². The van der Waals surface area contributed by atoms with Gasteiger partial charge in [0.2, 0.25) is 5.91 Å². The average molecular weight is 407 g/mol. The van der Waals surface area contributed by atoms with Crippen molar-refractivity contribution in [3.8, 4) is 0 Å². The molecule has 2 saturated heterocycles. The summed E-state index contributed by atoms with van der Waals surface area (Å²) in [5, 5.41) is 0. The van der Waals surface area contributed by atoms with Crippen molar-refractivity contribution in [2.45, 2.75) is 71.4 Å². The van der Waals surface area contributed by atoms with Crippen molar-refractivity contribution in [3.05, 3.63) is 71.3 Å². The molecule has 2 aromatic carbocycles. The smallest absolute Gasteiger partial charge is 0.219 e. The van der Waals surface area contributed by atoms with Gasteiger partial charge in [0.1, 0.15) is 0 Å². The van der Waals surface area contributed by atoms with Gasteiger partial charge in [-0.2, -0.15) is 0 Å². The van der Waals surface area contributed by atoms with Crippen molar-refractivity contribution >= 4 is 5.91 Å². The molecule has 3 heteroatoms. The molecule has 2 aliphatic rings. The lowest BCUT2D eigenvalue weighted by molar-refractivity contribution is -0.133. The van der Waals surface area contributed by atoms with Crippen LogP contribution in [-0.2, 0) is 11.2 Å². The maximum atomic E-state index is 12.1. The molecule has 0 radical (unpaired) electrons. The van der Waals surface area contributed by atoms with E-state index >= 15 is 0 Å². The zero-order chi connectivity index (χ0) is 21.5. The second kappa shape index (κ2) is 10.8. The van der Waals surface area contributed by atoms with Gasteiger partial charge in [-0.1, -0.05) is 75.4 Å². The Morgan fingerprint density at radius 2 is 1.57 bits per heavy atom. The van der Waals surface area contributed by atoms with Gasteiger partial charge in [-0.25, -0.2) is 0 Å². The summed E-state index contributed by atoms with van der Waals surface area (Å²) in [4.78, 5) is 16.8. The van der Waals surface area contributed by atoms with Gasteiger partial charge < -0.3 is 4.90 Å². The van der Waals surface area contributed by atoms with Crippen LogP contribution in [0.2, 0.25) is 0 Å². The standard InChI is InChI=1S/C25H32N2O.C2H6/c1-3-23-25(24-18-26(19(2)28)15-7-8-16-27(23)24)22-13-11-21(12-14-22)17-20-9-5-4-6-10-20;1-2/h4-6,9-14,23-25H,3,7-8,15-18H2,1-2H3;1-2H3. The molecule has 3 unspecified atom stereocenters. The minimum Gasteiger partial charge on any atom is -0.341 e. The van der Waals surface area contributed by atoms with E-state index in [0.29, 0.717) is 18.0 Å². The zero-order valence-corrected chi connectivity index (χ0v) is 19.2. The predicted molar refractivity (Wildman–Crippen MR) is 126 cm³/mol. The fourth-order valence-electron chi connectivity index (χ4n) is 5.19. The number of nitrogens with zero attached hydrogens (tertiary/aromatic N) is 2. The van der Waals surface area contributed by atoms with Crippen LogP contribution in [0.25, 0.3) is 0 Å². The van der Waals surface area contributed by atoms with Crippen molar-refractivity contribution in [2.24, 2.45) is 0 Å². The summed E-state index contributed by atoms with van der Waals surface area (Å²) in [5.41, 5.74) is 4.16. The van der Waals surface area contributed by atoms with Gasteiger partial charge in [-0.05, 0) is 48.9 Å². The van der Waals surface area contributed by atoms with Crippen LogP contribution in [0.4, 0.5) is 0 Å². The van der Waals surface area contributed by atoms with E-state index in [0.717, 1.165) is 25.9 Å².